The first-order valence-electron chi connectivity index (χ1n) is 5.03. The Hall–Kier alpha value is -1.71. The highest BCUT2D eigenvalue weighted by molar-refractivity contribution is 6.02. The van der Waals surface area contributed by atoms with E-state index in [1.54, 1.807) is 12.1 Å². The van der Waals surface area contributed by atoms with Crippen molar-refractivity contribution in [3.63, 3.8) is 0 Å². The van der Waals surface area contributed by atoms with Gasteiger partial charge in [0, 0.05) is 30.0 Å². The zero-order valence-corrected chi connectivity index (χ0v) is 8.56. The molecule has 0 atom stereocenters. The number of fused-ring (bicyclic) bond motifs is 1. The molecular formula is C11H12N2O2. The van der Waals surface area contributed by atoms with Crippen molar-refractivity contribution in [2.24, 2.45) is 4.99 Å². The van der Waals surface area contributed by atoms with Gasteiger partial charge in [-0.1, -0.05) is 13.0 Å². The van der Waals surface area contributed by atoms with Crippen LogP contribution in [0.25, 0.3) is 0 Å². The minimum Gasteiger partial charge on any atom is -0.289 e. The fourth-order valence-corrected chi connectivity index (χ4v) is 1.86. The lowest BCUT2D eigenvalue weighted by atomic mass is 9.96. The van der Waals surface area contributed by atoms with E-state index >= 15 is 0 Å². The molecule has 78 valence electrons. The van der Waals surface area contributed by atoms with Crippen molar-refractivity contribution in [2.45, 2.75) is 19.8 Å². The maximum Gasteiger partial charge on any atom is 0.270 e. The van der Waals surface area contributed by atoms with Gasteiger partial charge >= 0.3 is 0 Å². The predicted molar refractivity (Wildman–Crippen MR) is 58.5 cm³/mol. The number of benzene rings is 1. The lowest BCUT2D eigenvalue weighted by Gasteiger charge is -2.15. The van der Waals surface area contributed by atoms with Crippen LogP contribution in [0.3, 0.4) is 0 Å². The Bertz CT molecular complexity index is 438. The number of nitrogens with zero attached hydrogens (tertiary/aromatic N) is 2. The smallest absolute Gasteiger partial charge is 0.270 e. The van der Waals surface area contributed by atoms with Crippen LogP contribution < -0.4 is 0 Å². The van der Waals surface area contributed by atoms with Gasteiger partial charge in [0.2, 0.25) is 0 Å². The summed E-state index contributed by atoms with van der Waals surface area (Å²) in [4.78, 5) is 14.7. The second-order valence-corrected chi connectivity index (χ2v) is 3.53. The molecule has 1 aliphatic rings. The van der Waals surface area contributed by atoms with Crippen LogP contribution >= 0.6 is 0 Å². The van der Waals surface area contributed by atoms with Gasteiger partial charge in [0.15, 0.2) is 0 Å². The van der Waals surface area contributed by atoms with Crippen LogP contribution in [0.4, 0.5) is 5.69 Å². The van der Waals surface area contributed by atoms with Gasteiger partial charge in [-0.25, -0.2) is 0 Å². The fraction of sp³-hybridized carbons (Fsp3) is 0.364. The first-order valence-corrected chi connectivity index (χ1v) is 5.03. The number of hydrogen-bond donors (Lipinski definition) is 0. The summed E-state index contributed by atoms with van der Waals surface area (Å²) in [5, 5.41) is 10.6. The van der Waals surface area contributed by atoms with Gasteiger partial charge in [-0.15, -0.1) is 0 Å². The largest absolute Gasteiger partial charge is 0.289 e. The van der Waals surface area contributed by atoms with Gasteiger partial charge < -0.3 is 0 Å². The van der Waals surface area contributed by atoms with Crippen molar-refractivity contribution in [1.29, 1.82) is 0 Å². The summed E-state index contributed by atoms with van der Waals surface area (Å²) in [5.41, 5.74) is 3.27. The Morgan fingerprint density at radius 2 is 2.33 bits per heavy atom. The standard InChI is InChI=1S/C11H12N2O2/c1-2-11-10-7-9(13(14)15)4-3-8(10)5-6-12-11/h3-4,7H,2,5-6H2,1H3. The van der Waals surface area contributed by atoms with Crippen LogP contribution in [0.5, 0.6) is 0 Å². The molecular weight excluding hydrogens is 192 g/mol. The van der Waals surface area contributed by atoms with Crippen LogP contribution in [-0.2, 0) is 6.42 Å². The number of hydrogen-bond acceptors (Lipinski definition) is 3. The Morgan fingerprint density at radius 3 is 3.00 bits per heavy atom. The second-order valence-electron chi connectivity index (χ2n) is 3.53. The molecule has 1 heterocycles. The summed E-state index contributed by atoms with van der Waals surface area (Å²) in [6, 6.07) is 5.05. The fourth-order valence-electron chi connectivity index (χ4n) is 1.86. The summed E-state index contributed by atoms with van der Waals surface area (Å²) >= 11 is 0. The van der Waals surface area contributed by atoms with Gasteiger partial charge in [-0.3, -0.25) is 15.1 Å². The summed E-state index contributed by atoms with van der Waals surface area (Å²) < 4.78 is 0. The summed E-state index contributed by atoms with van der Waals surface area (Å²) in [7, 11) is 0. The third-order valence-electron chi connectivity index (χ3n) is 2.63. The average Bonchev–Trinajstić information content (AvgIpc) is 2.27. The lowest BCUT2D eigenvalue weighted by Crippen LogP contribution is -2.12. The molecule has 4 nitrogen and oxygen atoms in total. The third-order valence-corrected chi connectivity index (χ3v) is 2.63. The first kappa shape index (κ1) is 9.83. The SMILES string of the molecule is CCC1=NCCc2ccc([N+](=O)[O-])cc21. The maximum atomic E-state index is 10.6. The van der Waals surface area contributed by atoms with Crippen molar-refractivity contribution in [2.75, 3.05) is 6.54 Å². The Kier molecular flexibility index (Phi) is 2.49. The number of rotatable bonds is 2. The van der Waals surface area contributed by atoms with E-state index in [9.17, 15) is 10.1 Å². The minimum atomic E-state index is -0.359. The molecule has 0 saturated carbocycles. The predicted octanol–water partition coefficient (Wildman–Crippen LogP) is 2.35. The van der Waals surface area contributed by atoms with Gasteiger partial charge in [0.1, 0.15) is 0 Å². The Labute approximate surface area is 87.8 Å². The first-order chi connectivity index (χ1) is 7.22. The molecule has 1 aromatic carbocycles. The number of nitro groups is 1. The molecule has 15 heavy (non-hydrogen) atoms. The average molecular weight is 204 g/mol. The number of non-ortho nitro benzene ring substituents is 1. The summed E-state index contributed by atoms with van der Waals surface area (Å²) in [6.45, 7) is 2.82. The molecule has 0 amide bonds. The Morgan fingerprint density at radius 1 is 1.53 bits per heavy atom. The maximum absolute atomic E-state index is 10.6. The van der Waals surface area contributed by atoms with Crippen LogP contribution in [-0.4, -0.2) is 17.2 Å². The monoisotopic (exact) mass is 204 g/mol. The molecule has 0 N–H and O–H groups in total. The van der Waals surface area contributed by atoms with Crippen molar-refractivity contribution < 1.29 is 4.92 Å². The van der Waals surface area contributed by atoms with E-state index in [2.05, 4.69) is 4.99 Å². The van der Waals surface area contributed by atoms with Gasteiger partial charge in [0.25, 0.3) is 5.69 Å². The second kappa shape index (κ2) is 3.81. The molecule has 0 saturated heterocycles. The van der Waals surface area contributed by atoms with E-state index in [0.717, 1.165) is 30.7 Å². The molecule has 0 aliphatic carbocycles. The molecule has 0 radical (unpaired) electrons. The normalized spacial score (nSPS) is 14.3. The van der Waals surface area contributed by atoms with E-state index in [4.69, 9.17) is 0 Å². The Balaban J connectivity index is 2.51. The van der Waals surface area contributed by atoms with Crippen molar-refractivity contribution in [1.82, 2.24) is 0 Å². The summed E-state index contributed by atoms with van der Waals surface area (Å²) in [5.74, 6) is 0. The third kappa shape index (κ3) is 1.75. The molecule has 1 aliphatic heterocycles. The van der Waals surface area contributed by atoms with Crippen LogP contribution in [0.2, 0.25) is 0 Å². The van der Waals surface area contributed by atoms with E-state index in [1.807, 2.05) is 13.0 Å². The molecule has 0 fully saturated rings. The molecule has 0 unspecified atom stereocenters. The quantitative estimate of drug-likeness (QED) is 0.548. The van der Waals surface area contributed by atoms with Crippen LogP contribution in [0.15, 0.2) is 23.2 Å². The molecule has 0 aromatic heterocycles. The van der Waals surface area contributed by atoms with E-state index in [1.165, 1.54) is 5.56 Å². The van der Waals surface area contributed by atoms with E-state index < -0.39 is 0 Å². The van der Waals surface area contributed by atoms with E-state index in [0.29, 0.717) is 0 Å². The topological polar surface area (TPSA) is 55.5 Å². The molecule has 1 aromatic rings. The van der Waals surface area contributed by atoms with Crippen molar-refractivity contribution in [3.05, 3.63) is 39.4 Å². The zero-order valence-electron chi connectivity index (χ0n) is 8.56. The van der Waals surface area contributed by atoms with Gasteiger partial charge in [-0.2, -0.15) is 0 Å². The highest BCUT2D eigenvalue weighted by Gasteiger charge is 2.16. The van der Waals surface area contributed by atoms with Crippen LogP contribution in [0.1, 0.15) is 24.5 Å². The van der Waals surface area contributed by atoms with Gasteiger partial charge in [-0.05, 0) is 18.4 Å². The highest BCUT2D eigenvalue weighted by Crippen LogP contribution is 2.22. The molecule has 0 spiro atoms. The van der Waals surface area contributed by atoms with Crippen molar-refractivity contribution >= 4 is 11.4 Å². The lowest BCUT2D eigenvalue weighted by molar-refractivity contribution is -0.384. The van der Waals surface area contributed by atoms with Crippen LogP contribution in [0, 0.1) is 10.1 Å². The van der Waals surface area contributed by atoms with Crippen molar-refractivity contribution in [3.8, 4) is 0 Å². The molecule has 0 bridgehead atoms. The number of nitro benzene ring substituents is 1. The zero-order chi connectivity index (χ0) is 10.8. The summed E-state index contributed by atoms with van der Waals surface area (Å²) in [6.07, 6.45) is 1.71. The molecule has 2 rings (SSSR count). The minimum absolute atomic E-state index is 0.150. The van der Waals surface area contributed by atoms with Gasteiger partial charge in [0.05, 0.1) is 4.92 Å². The van der Waals surface area contributed by atoms with E-state index in [-0.39, 0.29) is 10.6 Å². The molecule has 4 heteroatoms. The number of aliphatic imine (C=N–C) groups is 1. The highest BCUT2D eigenvalue weighted by atomic mass is 16.6.